The lowest BCUT2D eigenvalue weighted by Crippen LogP contribution is -2.46. The number of carbonyl (C=O) groups is 1. The quantitative estimate of drug-likeness (QED) is 0.534. The molecule has 3 heterocycles. The Morgan fingerprint density at radius 3 is 2.68 bits per heavy atom. The van der Waals surface area contributed by atoms with E-state index in [9.17, 15) is 4.79 Å². The number of benzene rings is 1. The lowest BCUT2D eigenvalue weighted by Gasteiger charge is -2.43. The van der Waals surface area contributed by atoms with Crippen LogP contribution in [0.2, 0.25) is 0 Å². The van der Waals surface area contributed by atoms with Gasteiger partial charge in [0, 0.05) is 30.3 Å². The summed E-state index contributed by atoms with van der Waals surface area (Å²) in [6.07, 6.45) is 7.45. The van der Waals surface area contributed by atoms with E-state index in [1.807, 2.05) is 33.0 Å². The predicted molar refractivity (Wildman–Crippen MR) is 132 cm³/mol. The Kier molecular flexibility index (Phi) is 5.89. The number of carbonyl (C=O) groups excluding carboxylic acids is 1. The van der Waals surface area contributed by atoms with E-state index in [0.29, 0.717) is 5.92 Å². The number of nitrogens with zero attached hydrogens (tertiary/aromatic N) is 2. The van der Waals surface area contributed by atoms with Crippen molar-refractivity contribution in [3.63, 3.8) is 0 Å². The minimum absolute atomic E-state index is 0.0389. The summed E-state index contributed by atoms with van der Waals surface area (Å²) in [4.78, 5) is 20.3. The van der Waals surface area contributed by atoms with Gasteiger partial charge in [0.1, 0.15) is 11.8 Å². The van der Waals surface area contributed by atoms with Crippen LogP contribution in [0.1, 0.15) is 88.2 Å². The highest BCUT2D eigenvalue weighted by molar-refractivity contribution is 5.90. The molecule has 1 saturated heterocycles. The average molecular weight is 461 g/mol. The zero-order valence-corrected chi connectivity index (χ0v) is 21.1. The van der Waals surface area contributed by atoms with E-state index >= 15 is 0 Å². The normalized spacial score (nSPS) is 28.3. The van der Waals surface area contributed by atoms with Crippen LogP contribution in [-0.2, 0) is 20.7 Å². The summed E-state index contributed by atoms with van der Waals surface area (Å²) in [5, 5.41) is 0. The predicted octanol–water partition coefficient (Wildman–Crippen LogP) is 5.88. The molecular weight excluding hydrogens is 424 g/mol. The van der Waals surface area contributed by atoms with Crippen LogP contribution in [0.5, 0.6) is 0 Å². The van der Waals surface area contributed by atoms with E-state index in [0.717, 1.165) is 24.0 Å². The molecule has 180 valence electrons. The van der Waals surface area contributed by atoms with Crippen LogP contribution in [0.3, 0.4) is 0 Å². The maximum absolute atomic E-state index is 13.4. The number of ether oxygens (including phenoxy) is 2. The molecule has 5 atom stereocenters. The van der Waals surface area contributed by atoms with Gasteiger partial charge in [0.05, 0.1) is 18.2 Å². The van der Waals surface area contributed by atoms with Gasteiger partial charge >= 0.3 is 5.97 Å². The minimum atomic E-state index is -0.546. The maximum atomic E-state index is 13.4. The van der Waals surface area contributed by atoms with Crippen molar-refractivity contribution in [3.8, 4) is 0 Å². The van der Waals surface area contributed by atoms with Gasteiger partial charge in [-0.1, -0.05) is 51.1 Å². The van der Waals surface area contributed by atoms with Gasteiger partial charge in [-0.15, -0.1) is 0 Å². The summed E-state index contributed by atoms with van der Waals surface area (Å²) in [7, 11) is 0. The number of rotatable bonds is 4. The van der Waals surface area contributed by atoms with Crippen molar-refractivity contribution < 1.29 is 14.3 Å². The second kappa shape index (κ2) is 8.62. The smallest absolute Gasteiger partial charge is 0.334 e. The molecule has 1 aromatic heterocycles. The Bertz CT molecular complexity index is 1100. The lowest BCUT2D eigenvalue weighted by atomic mass is 9.84. The summed E-state index contributed by atoms with van der Waals surface area (Å²) >= 11 is 0. The number of aromatic nitrogens is 1. The second-order valence-electron chi connectivity index (χ2n) is 11.1. The first-order valence-electron chi connectivity index (χ1n) is 12.6. The zero-order chi connectivity index (χ0) is 24.2. The number of fused-ring (bicyclic) bond motifs is 5. The largest absolute Gasteiger partial charge is 0.457 e. The Morgan fingerprint density at radius 1 is 1.24 bits per heavy atom. The Morgan fingerprint density at radius 2 is 2.03 bits per heavy atom. The molecule has 5 rings (SSSR count). The molecule has 0 spiro atoms. The first-order valence-corrected chi connectivity index (χ1v) is 12.6. The molecule has 2 aromatic rings. The molecule has 1 fully saturated rings. The van der Waals surface area contributed by atoms with Crippen LogP contribution in [0.4, 0.5) is 0 Å². The van der Waals surface area contributed by atoms with E-state index in [4.69, 9.17) is 9.47 Å². The fourth-order valence-electron chi connectivity index (χ4n) is 6.03. The number of hydrogen-bond donors (Lipinski definition) is 0. The summed E-state index contributed by atoms with van der Waals surface area (Å²) in [6, 6.07) is 10.8. The number of pyridine rings is 1. The molecule has 3 aliphatic rings. The molecule has 0 unspecified atom stereocenters. The van der Waals surface area contributed by atoms with Gasteiger partial charge in [0.25, 0.3) is 0 Å². The Hall–Kier alpha value is -2.50. The highest BCUT2D eigenvalue weighted by Gasteiger charge is 2.55. The molecule has 5 heteroatoms. The highest BCUT2D eigenvalue weighted by atomic mass is 16.6. The number of hydrogen-bond acceptors (Lipinski definition) is 5. The maximum Gasteiger partial charge on any atom is 0.334 e. The van der Waals surface area contributed by atoms with Gasteiger partial charge in [0.15, 0.2) is 0 Å². The fourth-order valence-corrected chi connectivity index (χ4v) is 6.03. The second-order valence-corrected chi connectivity index (χ2v) is 11.1. The molecule has 0 bridgehead atoms. The molecule has 2 aliphatic heterocycles. The summed E-state index contributed by atoms with van der Waals surface area (Å²) in [5.74, 6) is 0.157. The zero-order valence-electron chi connectivity index (χ0n) is 21.1. The molecule has 0 amide bonds. The molecule has 0 radical (unpaired) electrons. The van der Waals surface area contributed by atoms with E-state index in [1.54, 1.807) is 6.20 Å². The van der Waals surface area contributed by atoms with E-state index in [-0.39, 0.29) is 36.3 Å². The van der Waals surface area contributed by atoms with Crippen LogP contribution in [-0.4, -0.2) is 33.8 Å². The third kappa shape index (κ3) is 3.89. The lowest BCUT2D eigenvalue weighted by molar-refractivity contribution is -0.152. The topological polar surface area (TPSA) is 51.7 Å². The van der Waals surface area contributed by atoms with Crippen molar-refractivity contribution in [2.45, 2.75) is 90.3 Å². The highest BCUT2D eigenvalue weighted by Crippen LogP contribution is 2.55. The first-order chi connectivity index (χ1) is 16.2. The van der Waals surface area contributed by atoms with Gasteiger partial charge in [-0.3, -0.25) is 9.88 Å². The molecule has 0 saturated carbocycles. The summed E-state index contributed by atoms with van der Waals surface area (Å²) in [5.41, 5.74) is 5.46. The van der Waals surface area contributed by atoms with Crippen molar-refractivity contribution >= 4 is 5.97 Å². The van der Waals surface area contributed by atoms with E-state index < -0.39 is 5.60 Å². The van der Waals surface area contributed by atoms with Crippen LogP contribution < -0.4 is 0 Å². The molecule has 0 N–H and O–H groups in total. The molecule has 34 heavy (non-hydrogen) atoms. The van der Waals surface area contributed by atoms with Crippen molar-refractivity contribution in [1.82, 2.24) is 9.88 Å². The van der Waals surface area contributed by atoms with Crippen molar-refractivity contribution in [3.05, 3.63) is 76.6 Å². The SMILES string of the molecule is CC[C@H]1C(C(=O)OC(C)(C)C)=C[C@@H](c2cccnc2)N2[C@@H]1O[C@@H]1Cc3cccc(C(C)C)c3[C@@H]12. The molecule has 1 aliphatic carbocycles. The first kappa shape index (κ1) is 23.3. The van der Waals surface area contributed by atoms with Crippen LogP contribution in [0.15, 0.2) is 54.4 Å². The van der Waals surface area contributed by atoms with Crippen LogP contribution in [0, 0.1) is 5.92 Å². The van der Waals surface area contributed by atoms with Crippen molar-refractivity contribution in [2.24, 2.45) is 5.92 Å². The molecule has 1 aromatic carbocycles. The van der Waals surface area contributed by atoms with Crippen molar-refractivity contribution in [1.29, 1.82) is 0 Å². The van der Waals surface area contributed by atoms with E-state index in [1.165, 1.54) is 16.7 Å². The van der Waals surface area contributed by atoms with Crippen molar-refractivity contribution in [2.75, 3.05) is 0 Å². The monoisotopic (exact) mass is 460 g/mol. The van der Waals surface area contributed by atoms with Gasteiger partial charge in [-0.05, 0) is 61.4 Å². The standard InChI is InChI=1S/C29H36N2O3/c1-7-20-22(28(32)34-29(4,5)6)15-23(19-11-9-13-30-16-19)31-26-24(33-27(20)31)14-18-10-8-12-21(17(2)3)25(18)26/h8-13,15-17,20,23-24,26-27H,7,14H2,1-6H3/t20-,23-,24+,26+,27+/m0/s1. The van der Waals surface area contributed by atoms with E-state index in [2.05, 4.69) is 61.0 Å². The van der Waals surface area contributed by atoms with Crippen LogP contribution in [0.25, 0.3) is 0 Å². The van der Waals surface area contributed by atoms with Gasteiger partial charge in [-0.25, -0.2) is 4.79 Å². The summed E-state index contributed by atoms with van der Waals surface area (Å²) < 4.78 is 12.7. The fraction of sp³-hybridized carbons (Fsp3) is 0.517. The third-order valence-electron chi connectivity index (χ3n) is 7.35. The third-order valence-corrected chi connectivity index (χ3v) is 7.35. The Labute approximate surface area is 203 Å². The summed E-state index contributed by atoms with van der Waals surface area (Å²) in [6.45, 7) is 12.4. The average Bonchev–Trinajstić information content (AvgIpc) is 3.33. The van der Waals surface area contributed by atoms with Gasteiger partial charge < -0.3 is 9.47 Å². The Balaban J connectivity index is 1.64. The molecule has 5 nitrogen and oxygen atoms in total. The van der Waals surface area contributed by atoms with Crippen LogP contribution >= 0.6 is 0 Å². The van der Waals surface area contributed by atoms with Gasteiger partial charge in [0.2, 0.25) is 0 Å². The van der Waals surface area contributed by atoms with Gasteiger partial charge in [-0.2, -0.15) is 0 Å². The minimum Gasteiger partial charge on any atom is -0.457 e. The number of esters is 1. The molecular formula is C29H36N2O3.